The Labute approximate surface area is 110 Å². The summed E-state index contributed by atoms with van der Waals surface area (Å²) in [4.78, 5) is 0. The minimum absolute atomic E-state index is 0.604. The molecule has 0 radical (unpaired) electrons. The van der Waals surface area contributed by atoms with Crippen LogP contribution >= 0.6 is 0 Å². The van der Waals surface area contributed by atoms with Gasteiger partial charge < -0.3 is 5.73 Å². The normalized spacial score (nSPS) is 10.7. The third kappa shape index (κ3) is 2.32. The average molecular weight is 239 g/mol. The summed E-state index contributed by atoms with van der Waals surface area (Å²) in [7, 11) is 0. The highest BCUT2D eigenvalue weighted by molar-refractivity contribution is 5.72. The molecule has 0 aliphatic rings. The van der Waals surface area contributed by atoms with Crippen molar-refractivity contribution in [3.05, 3.63) is 58.1 Å². The van der Waals surface area contributed by atoms with Crippen LogP contribution in [0.15, 0.2) is 30.3 Å². The summed E-state index contributed by atoms with van der Waals surface area (Å²) in [5.41, 5.74) is 14.8. The fraction of sp³-hybridized carbons (Fsp3) is 0.294. The fourth-order valence-electron chi connectivity index (χ4n) is 2.41. The van der Waals surface area contributed by atoms with E-state index in [9.17, 15) is 0 Å². The largest absolute Gasteiger partial charge is 0.326 e. The molecule has 0 amide bonds. The Morgan fingerprint density at radius 2 is 1.33 bits per heavy atom. The molecule has 0 heterocycles. The van der Waals surface area contributed by atoms with Crippen LogP contribution < -0.4 is 5.73 Å². The minimum Gasteiger partial charge on any atom is -0.326 e. The van der Waals surface area contributed by atoms with Gasteiger partial charge in [-0.15, -0.1) is 0 Å². The minimum atomic E-state index is 0.604. The summed E-state index contributed by atoms with van der Waals surface area (Å²) in [5.74, 6) is 0. The standard InChI is InChI=1S/C17H21N/c1-11-7-13(3)17(9-12(11)2)16-6-5-15(10-18)8-14(16)4/h5-9H,10,18H2,1-4H3. The predicted molar refractivity (Wildman–Crippen MR) is 78.7 cm³/mol. The van der Waals surface area contributed by atoms with Gasteiger partial charge in [0.25, 0.3) is 0 Å². The second-order valence-corrected chi connectivity index (χ2v) is 5.10. The van der Waals surface area contributed by atoms with Crippen LogP contribution in [-0.4, -0.2) is 0 Å². The van der Waals surface area contributed by atoms with Crippen LogP contribution in [0.4, 0.5) is 0 Å². The first kappa shape index (κ1) is 12.8. The Balaban J connectivity index is 2.58. The van der Waals surface area contributed by atoms with Crippen LogP contribution in [0.5, 0.6) is 0 Å². The van der Waals surface area contributed by atoms with Gasteiger partial charge in [0.05, 0.1) is 0 Å². The molecule has 1 heteroatoms. The van der Waals surface area contributed by atoms with E-state index in [0.29, 0.717) is 6.54 Å². The number of hydrogen-bond donors (Lipinski definition) is 1. The van der Waals surface area contributed by atoms with Crippen molar-refractivity contribution in [2.24, 2.45) is 5.73 Å². The average Bonchev–Trinajstić information content (AvgIpc) is 2.34. The molecular formula is C17H21N. The maximum atomic E-state index is 5.68. The van der Waals surface area contributed by atoms with Crippen LogP contribution in [0.3, 0.4) is 0 Å². The predicted octanol–water partition coefficient (Wildman–Crippen LogP) is 4.05. The Kier molecular flexibility index (Phi) is 3.53. The summed E-state index contributed by atoms with van der Waals surface area (Å²) in [6.07, 6.45) is 0. The lowest BCUT2D eigenvalue weighted by Gasteiger charge is -2.13. The molecule has 0 fully saturated rings. The van der Waals surface area contributed by atoms with Crippen molar-refractivity contribution in [1.29, 1.82) is 0 Å². The zero-order valence-corrected chi connectivity index (χ0v) is 11.7. The maximum Gasteiger partial charge on any atom is 0.0178 e. The molecule has 0 saturated carbocycles. The van der Waals surface area contributed by atoms with Gasteiger partial charge in [-0.05, 0) is 66.6 Å². The lowest BCUT2D eigenvalue weighted by Crippen LogP contribution is -1.97. The fourth-order valence-corrected chi connectivity index (χ4v) is 2.41. The quantitative estimate of drug-likeness (QED) is 0.840. The van der Waals surface area contributed by atoms with E-state index in [4.69, 9.17) is 5.73 Å². The Morgan fingerprint density at radius 1 is 0.722 bits per heavy atom. The highest BCUT2D eigenvalue weighted by atomic mass is 14.5. The van der Waals surface area contributed by atoms with Gasteiger partial charge in [0.1, 0.15) is 0 Å². The second kappa shape index (κ2) is 4.95. The van der Waals surface area contributed by atoms with Gasteiger partial charge in [-0.2, -0.15) is 0 Å². The molecule has 1 nitrogen and oxygen atoms in total. The van der Waals surface area contributed by atoms with Gasteiger partial charge in [0.2, 0.25) is 0 Å². The van der Waals surface area contributed by atoms with Gasteiger partial charge in [-0.25, -0.2) is 0 Å². The Hall–Kier alpha value is -1.60. The highest BCUT2D eigenvalue weighted by Crippen LogP contribution is 2.29. The van der Waals surface area contributed by atoms with Gasteiger partial charge >= 0.3 is 0 Å². The van der Waals surface area contributed by atoms with Crippen molar-refractivity contribution < 1.29 is 0 Å². The van der Waals surface area contributed by atoms with Gasteiger partial charge in [0.15, 0.2) is 0 Å². The van der Waals surface area contributed by atoms with E-state index in [1.54, 1.807) is 0 Å². The van der Waals surface area contributed by atoms with E-state index < -0.39 is 0 Å². The number of benzene rings is 2. The van der Waals surface area contributed by atoms with Crippen LogP contribution in [0.2, 0.25) is 0 Å². The monoisotopic (exact) mass is 239 g/mol. The molecule has 18 heavy (non-hydrogen) atoms. The molecule has 0 aliphatic heterocycles. The maximum absolute atomic E-state index is 5.68. The molecule has 0 unspecified atom stereocenters. The van der Waals surface area contributed by atoms with Gasteiger partial charge in [0, 0.05) is 6.54 Å². The van der Waals surface area contributed by atoms with Crippen LogP contribution in [0.25, 0.3) is 11.1 Å². The summed E-state index contributed by atoms with van der Waals surface area (Å²) < 4.78 is 0. The number of hydrogen-bond acceptors (Lipinski definition) is 1. The van der Waals surface area contributed by atoms with Crippen molar-refractivity contribution in [2.45, 2.75) is 34.2 Å². The number of rotatable bonds is 2. The van der Waals surface area contributed by atoms with Crippen molar-refractivity contribution in [2.75, 3.05) is 0 Å². The summed E-state index contributed by atoms with van der Waals surface area (Å²) in [6, 6.07) is 11.0. The molecule has 2 aromatic carbocycles. The molecule has 2 N–H and O–H groups in total. The van der Waals surface area contributed by atoms with Crippen molar-refractivity contribution in [1.82, 2.24) is 0 Å². The molecule has 0 bridgehead atoms. The molecule has 0 aliphatic carbocycles. The van der Waals surface area contributed by atoms with E-state index >= 15 is 0 Å². The SMILES string of the molecule is Cc1cc(C)c(-c2ccc(CN)cc2C)cc1C. The van der Waals surface area contributed by atoms with Crippen LogP contribution in [0.1, 0.15) is 27.8 Å². The van der Waals surface area contributed by atoms with Gasteiger partial charge in [-0.3, -0.25) is 0 Å². The van der Waals surface area contributed by atoms with Crippen LogP contribution in [0, 0.1) is 27.7 Å². The smallest absolute Gasteiger partial charge is 0.0178 e. The van der Waals surface area contributed by atoms with E-state index in [1.165, 1.54) is 38.9 Å². The first-order chi connectivity index (χ1) is 8.52. The molecule has 2 aromatic rings. The molecule has 2 rings (SSSR count). The third-order valence-corrected chi connectivity index (χ3v) is 3.66. The molecule has 0 saturated heterocycles. The number of aryl methyl sites for hydroxylation is 4. The Morgan fingerprint density at radius 3 is 1.94 bits per heavy atom. The zero-order valence-electron chi connectivity index (χ0n) is 11.7. The highest BCUT2D eigenvalue weighted by Gasteiger charge is 2.07. The summed E-state index contributed by atoms with van der Waals surface area (Å²) in [6.45, 7) is 9.27. The molecule has 0 spiro atoms. The zero-order chi connectivity index (χ0) is 13.3. The van der Waals surface area contributed by atoms with E-state index in [2.05, 4.69) is 58.0 Å². The first-order valence-electron chi connectivity index (χ1n) is 6.40. The first-order valence-corrected chi connectivity index (χ1v) is 6.40. The lowest BCUT2D eigenvalue weighted by molar-refractivity contribution is 1.07. The lowest BCUT2D eigenvalue weighted by atomic mass is 9.92. The third-order valence-electron chi connectivity index (χ3n) is 3.66. The van der Waals surface area contributed by atoms with E-state index in [-0.39, 0.29) is 0 Å². The molecule has 0 atom stereocenters. The summed E-state index contributed by atoms with van der Waals surface area (Å²) in [5, 5.41) is 0. The van der Waals surface area contributed by atoms with Gasteiger partial charge in [-0.1, -0.05) is 30.3 Å². The van der Waals surface area contributed by atoms with Crippen LogP contribution in [-0.2, 0) is 6.54 Å². The van der Waals surface area contributed by atoms with Crippen molar-refractivity contribution in [3.63, 3.8) is 0 Å². The van der Waals surface area contributed by atoms with Crippen molar-refractivity contribution in [3.8, 4) is 11.1 Å². The molecular weight excluding hydrogens is 218 g/mol. The summed E-state index contributed by atoms with van der Waals surface area (Å²) >= 11 is 0. The topological polar surface area (TPSA) is 26.0 Å². The molecule has 94 valence electrons. The van der Waals surface area contributed by atoms with E-state index in [1.807, 2.05) is 0 Å². The van der Waals surface area contributed by atoms with Crippen molar-refractivity contribution >= 4 is 0 Å². The van der Waals surface area contributed by atoms with E-state index in [0.717, 1.165) is 0 Å². The number of nitrogens with two attached hydrogens (primary N) is 1. The molecule has 0 aromatic heterocycles. The Bertz CT molecular complexity index is 582. The second-order valence-electron chi connectivity index (χ2n) is 5.10.